The fourth-order valence-electron chi connectivity index (χ4n) is 2.47. The van der Waals surface area contributed by atoms with Gasteiger partial charge in [-0.15, -0.1) is 0 Å². The Bertz CT molecular complexity index is 448. The smallest absolute Gasteiger partial charge is 0.168 e. The number of nitrogens with zero attached hydrogens (tertiary/aromatic N) is 1. The highest BCUT2D eigenvalue weighted by atomic mass is 19.1. The highest BCUT2D eigenvalue weighted by molar-refractivity contribution is 5.47. The first-order valence-corrected chi connectivity index (χ1v) is 7.12. The molecule has 1 aliphatic carbocycles. The van der Waals surface area contributed by atoms with Crippen LogP contribution in [0.3, 0.4) is 0 Å². The van der Waals surface area contributed by atoms with Gasteiger partial charge in [-0.05, 0) is 38.5 Å². The van der Waals surface area contributed by atoms with Crippen LogP contribution >= 0.6 is 0 Å². The molecule has 0 aromatic carbocycles. The largest absolute Gasteiger partial charge is 0.393 e. The summed E-state index contributed by atoms with van der Waals surface area (Å²) in [4.78, 5) is 3.94. The molecule has 1 heterocycles. The average molecular weight is 285 g/mol. The monoisotopic (exact) mass is 285 g/mol. The van der Waals surface area contributed by atoms with Crippen LogP contribution in [0.2, 0.25) is 0 Å². The van der Waals surface area contributed by atoms with Crippen molar-refractivity contribution in [3.63, 3.8) is 0 Å². The van der Waals surface area contributed by atoms with Crippen molar-refractivity contribution in [1.82, 2.24) is 4.98 Å². The summed E-state index contributed by atoms with van der Waals surface area (Å²) >= 11 is 0. The van der Waals surface area contributed by atoms with Crippen LogP contribution < -0.4 is 10.6 Å². The summed E-state index contributed by atoms with van der Waals surface area (Å²) in [6, 6.07) is 0.845. The van der Waals surface area contributed by atoms with Gasteiger partial charge in [0, 0.05) is 19.2 Å². The topological polar surface area (TPSA) is 57.2 Å². The molecule has 20 heavy (non-hydrogen) atoms. The molecule has 0 amide bonds. The Kier molecular flexibility index (Phi) is 5.11. The van der Waals surface area contributed by atoms with E-state index in [4.69, 9.17) is 0 Å². The van der Waals surface area contributed by atoms with E-state index in [-0.39, 0.29) is 17.7 Å². The van der Waals surface area contributed by atoms with Gasteiger partial charge >= 0.3 is 0 Å². The SMILES string of the molecule is CCNc1nc(NCC2CCC(O)CC2)c(F)cc1F. The summed E-state index contributed by atoms with van der Waals surface area (Å²) in [5, 5.41) is 15.2. The lowest BCUT2D eigenvalue weighted by molar-refractivity contribution is 0.111. The molecule has 1 aliphatic rings. The zero-order chi connectivity index (χ0) is 14.5. The number of pyridine rings is 1. The van der Waals surface area contributed by atoms with Gasteiger partial charge in [0.05, 0.1) is 6.10 Å². The number of anilines is 2. The molecule has 1 fully saturated rings. The third-order valence-electron chi connectivity index (χ3n) is 3.65. The van der Waals surface area contributed by atoms with Crippen LogP contribution in [-0.2, 0) is 0 Å². The first kappa shape index (κ1) is 15.0. The van der Waals surface area contributed by atoms with E-state index in [0.29, 0.717) is 19.0 Å². The number of rotatable bonds is 5. The van der Waals surface area contributed by atoms with Crippen LogP contribution in [0.25, 0.3) is 0 Å². The van der Waals surface area contributed by atoms with Gasteiger partial charge in [0.1, 0.15) is 0 Å². The summed E-state index contributed by atoms with van der Waals surface area (Å²) in [6.07, 6.45) is 3.20. The Balaban J connectivity index is 1.96. The Morgan fingerprint density at radius 1 is 1.15 bits per heavy atom. The van der Waals surface area contributed by atoms with Crippen molar-refractivity contribution in [2.75, 3.05) is 23.7 Å². The van der Waals surface area contributed by atoms with Crippen molar-refractivity contribution in [2.24, 2.45) is 5.92 Å². The maximum Gasteiger partial charge on any atom is 0.168 e. The molecule has 1 aromatic heterocycles. The van der Waals surface area contributed by atoms with Crippen LogP contribution in [0, 0.1) is 17.6 Å². The predicted octanol–water partition coefficient (Wildman–Crippen LogP) is 2.75. The van der Waals surface area contributed by atoms with Crippen molar-refractivity contribution < 1.29 is 13.9 Å². The number of aliphatic hydroxyl groups is 1. The number of halogens is 2. The quantitative estimate of drug-likeness (QED) is 0.778. The third-order valence-corrected chi connectivity index (χ3v) is 3.65. The van der Waals surface area contributed by atoms with E-state index in [2.05, 4.69) is 15.6 Å². The predicted molar refractivity (Wildman–Crippen MR) is 74.8 cm³/mol. The number of aromatic nitrogens is 1. The van der Waals surface area contributed by atoms with Gasteiger partial charge in [0.15, 0.2) is 23.3 Å². The Morgan fingerprint density at radius 3 is 2.35 bits per heavy atom. The highest BCUT2D eigenvalue weighted by Gasteiger charge is 2.20. The average Bonchev–Trinajstić information content (AvgIpc) is 2.42. The van der Waals surface area contributed by atoms with Crippen LogP contribution in [0.4, 0.5) is 20.4 Å². The number of hydrogen-bond acceptors (Lipinski definition) is 4. The second kappa shape index (κ2) is 6.83. The van der Waals surface area contributed by atoms with Crippen molar-refractivity contribution in [3.8, 4) is 0 Å². The Morgan fingerprint density at radius 2 is 1.75 bits per heavy atom. The second-order valence-corrected chi connectivity index (χ2v) is 5.24. The van der Waals surface area contributed by atoms with E-state index in [1.54, 1.807) is 0 Å². The Labute approximate surface area is 117 Å². The van der Waals surface area contributed by atoms with Crippen molar-refractivity contribution in [1.29, 1.82) is 0 Å². The standard InChI is InChI=1S/C14H21F2N3O/c1-2-17-13-11(15)7-12(16)14(19-13)18-8-9-3-5-10(20)6-4-9/h7,9-10,20H,2-6,8H2,1H3,(H2,17,18,19). The van der Waals surface area contributed by atoms with Gasteiger partial charge < -0.3 is 15.7 Å². The number of aliphatic hydroxyl groups excluding tert-OH is 1. The van der Waals surface area contributed by atoms with E-state index in [0.717, 1.165) is 31.7 Å². The summed E-state index contributed by atoms with van der Waals surface area (Å²) < 4.78 is 27.1. The van der Waals surface area contributed by atoms with Gasteiger partial charge in [0.25, 0.3) is 0 Å². The summed E-state index contributed by atoms with van der Waals surface area (Å²) in [5.41, 5.74) is 0. The highest BCUT2D eigenvalue weighted by Crippen LogP contribution is 2.25. The molecule has 0 atom stereocenters. The molecule has 3 N–H and O–H groups in total. The lowest BCUT2D eigenvalue weighted by Gasteiger charge is -2.25. The molecule has 0 aliphatic heterocycles. The van der Waals surface area contributed by atoms with Gasteiger partial charge in [-0.3, -0.25) is 0 Å². The van der Waals surface area contributed by atoms with Crippen molar-refractivity contribution in [3.05, 3.63) is 17.7 Å². The zero-order valence-corrected chi connectivity index (χ0v) is 11.6. The van der Waals surface area contributed by atoms with Crippen molar-refractivity contribution >= 4 is 11.6 Å². The maximum absolute atomic E-state index is 13.7. The van der Waals surface area contributed by atoms with E-state index >= 15 is 0 Å². The minimum Gasteiger partial charge on any atom is -0.393 e. The van der Waals surface area contributed by atoms with Gasteiger partial charge in [-0.2, -0.15) is 0 Å². The molecule has 6 heteroatoms. The van der Waals surface area contributed by atoms with Crippen LogP contribution in [0.1, 0.15) is 32.6 Å². The number of hydrogen-bond donors (Lipinski definition) is 3. The van der Waals surface area contributed by atoms with Crippen LogP contribution in [0.5, 0.6) is 0 Å². The summed E-state index contributed by atoms with van der Waals surface area (Å²) in [6.45, 7) is 2.94. The minimum atomic E-state index is -0.685. The lowest BCUT2D eigenvalue weighted by atomic mass is 9.87. The molecular weight excluding hydrogens is 264 g/mol. The fraction of sp³-hybridized carbons (Fsp3) is 0.643. The lowest BCUT2D eigenvalue weighted by Crippen LogP contribution is -2.24. The van der Waals surface area contributed by atoms with Crippen LogP contribution in [0.15, 0.2) is 6.07 Å². The van der Waals surface area contributed by atoms with E-state index in [1.165, 1.54) is 0 Å². The fourth-order valence-corrected chi connectivity index (χ4v) is 2.47. The summed E-state index contributed by atoms with van der Waals surface area (Å²) in [5.74, 6) is -0.827. The Hall–Kier alpha value is -1.43. The molecule has 0 radical (unpaired) electrons. The second-order valence-electron chi connectivity index (χ2n) is 5.24. The van der Waals surface area contributed by atoms with Crippen molar-refractivity contribution in [2.45, 2.75) is 38.7 Å². The maximum atomic E-state index is 13.7. The molecule has 1 saturated carbocycles. The van der Waals surface area contributed by atoms with Gasteiger partial charge in [-0.1, -0.05) is 0 Å². The van der Waals surface area contributed by atoms with Gasteiger partial charge in [0.2, 0.25) is 0 Å². The molecule has 4 nitrogen and oxygen atoms in total. The number of nitrogens with one attached hydrogen (secondary N) is 2. The van der Waals surface area contributed by atoms with E-state index < -0.39 is 11.6 Å². The van der Waals surface area contributed by atoms with E-state index in [9.17, 15) is 13.9 Å². The molecular formula is C14H21F2N3O. The molecule has 1 aromatic rings. The molecule has 112 valence electrons. The molecule has 0 saturated heterocycles. The third kappa shape index (κ3) is 3.79. The summed E-state index contributed by atoms with van der Waals surface area (Å²) in [7, 11) is 0. The molecule has 0 spiro atoms. The normalized spacial score (nSPS) is 22.6. The first-order chi connectivity index (χ1) is 9.60. The van der Waals surface area contributed by atoms with Crippen LogP contribution in [-0.4, -0.2) is 29.3 Å². The van der Waals surface area contributed by atoms with Gasteiger partial charge in [-0.25, -0.2) is 13.8 Å². The molecule has 0 bridgehead atoms. The minimum absolute atomic E-state index is 0.0652. The first-order valence-electron chi connectivity index (χ1n) is 7.12. The van der Waals surface area contributed by atoms with E-state index in [1.807, 2.05) is 6.92 Å². The molecule has 2 rings (SSSR count). The zero-order valence-electron chi connectivity index (χ0n) is 11.6. The molecule has 0 unspecified atom stereocenters.